The van der Waals surface area contributed by atoms with Crippen LogP contribution in [-0.4, -0.2) is 40.8 Å². The minimum atomic E-state index is -0.878. The van der Waals surface area contributed by atoms with E-state index in [1.165, 1.54) is 6.07 Å². The molecule has 2 heterocycles. The van der Waals surface area contributed by atoms with Crippen molar-refractivity contribution < 1.29 is 13.6 Å². The van der Waals surface area contributed by atoms with Crippen LogP contribution in [0.4, 0.5) is 13.6 Å². The number of urea groups is 1. The monoisotopic (exact) mass is 349 g/mol. The number of benzene rings is 1. The number of halogens is 2. The molecule has 1 aromatic carbocycles. The lowest BCUT2D eigenvalue weighted by Crippen LogP contribution is -2.44. The van der Waals surface area contributed by atoms with Gasteiger partial charge in [-0.1, -0.05) is 6.07 Å². The van der Waals surface area contributed by atoms with Gasteiger partial charge in [-0.25, -0.2) is 13.6 Å². The number of aromatic nitrogens is 2. The first kappa shape index (κ1) is 17.3. The highest BCUT2D eigenvalue weighted by Crippen LogP contribution is 2.31. The Morgan fingerprint density at radius 3 is 2.88 bits per heavy atom. The quantitative estimate of drug-likeness (QED) is 0.793. The molecule has 6 nitrogen and oxygen atoms in total. The first-order chi connectivity index (χ1) is 12.0. The van der Waals surface area contributed by atoms with Crippen LogP contribution in [0.5, 0.6) is 0 Å². The molecule has 1 aliphatic rings. The number of carbonyl (C=O) groups is 1. The topological polar surface area (TPSA) is 73.0 Å². The second-order valence-corrected chi connectivity index (χ2v) is 6.34. The van der Waals surface area contributed by atoms with E-state index in [2.05, 4.69) is 20.8 Å². The van der Waals surface area contributed by atoms with Crippen molar-refractivity contribution in [2.75, 3.05) is 13.6 Å². The van der Waals surface area contributed by atoms with Gasteiger partial charge >= 0.3 is 6.03 Å². The number of hydrogen-bond donors (Lipinski definition) is 3. The van der Waals surface area contributed by atoms with Gasteiger partial charge in [0.2, 0.25) is 0 Å². The molecule has 1 saturated heterocycles. The molecule has 1 fully saturated rings. The number of likely N-dealkylation sites (tertiary alicyclic amines) is 1. The Labute approximate surface area is 144 Å². The number of nitrogens with one attached hydrogen (secondary N) is 3. The molecule has 2 unspecified atom stereocenters. The minimum absolute atomic E-state index is 0.180. The SMILES string of the molecule is Cc1[nH]ncc1CNC(=O)NC1CCN(C)C1c1ccc(F)c(F)c1. The van der Waals surface area contributed by atoms with Crippen LogP contribution in [-0.2, 0) is 6.54 Å². The summed E-state index contributed by atoms with van der Waals surface area (Å²) in [5.74, 6) is -1.75. The van der Waals surface area contributed by atoms with Gasteiger partial charge in [0.1, 0.15) is 0 Å². The molecule has 0 bridgehead atoms. The van der Waals surface area contributed by atoms with Crippen molar-refractivity contribution in [1.82, 2.24) is 25.7 Å². The number of amides is 2. The van der Waals surface area contributed by atoms with Gasteiger partial charge in [-0.05, 0) is 38.1 Å². The van der Waals surface area contributed by atoms with E-state index < -0.39 is 11.6 Å². The molecule has 3 N–H and O–H groups in total. The molecule has 25 heavy (non-hydrogen) atoms. The summed E-state index contributed by atoms with van der Waals surface area (Å²) < 4.78 is 26.7. The molecule has 0 radical (unpaired) electrons. The summed E-state index contributed by atoms with van der Waals surface area (Å²) in [4.78, 5) is 14.2. The molecule has 0 saturated carbocycles. The van der Waals surface area contributed by atoms with Gasteiger partial charge in [-0.15, -0.1) is 0 Å². The first-order valence-electron chi connectivity index (χ1n) is 8.14. The van der Waals surface area contributed by atoms with E-state index in [-0.39, 0.29) is 18.1 Å². The zero-order valence-electron chi connectivity index (χ0n) is 14.1. The number of rotatable bonds is 4. The number of aryl methyl sites for hydroxylation is 1. The zero-order chi connectivity index (χ0) is 18.0. The van der Waals surface area contributed by atoms with Gasteiger partial charge in [-0.2, -0.15) is 5.10 Å². The van der Waals surface area contributed by atoms with E-state index in [9.17, 15) is 13.6 Å². The Morgan fingerprint density at radius 1 is 1.40 bits per heavy atom. The van der Waals surface area contributed by atoms with Crippen LogP contribution < -0.4 is 10.6 Å². The highest BCUT2D eigenvalue weighted by molar-refractivity contribution is 5.74. The predicted octanol–water partition coefficient (Wildman–Crippen LogP) is 2.24. The number of nitrogens with zero attached hydrogens (tertiary/aromatic N) is 2. The summed E-state index contributed by atoms with van der Waals surface area (Å²) in [5.41, 5.74) is 2.46. The highest BCUT2D eigenvalue weighted by Gasteiger charge is 2.34. The van der Waals surface area contributed by atoms with Crippen LogP contribution in [0.2, 0.25) is 0 Å². The molecule has 2 aromatic rings. The summed E-state index contributed by atoms with van der Waals surface area (Å²) >= 11 is 0. The normalized spacial score (nSPS) is 20.6. The maximum Gasteiger partial charge on any atom is 0.315 e. The number of H-pyrrole nitrogens is 1. The highest BCUT2D eigenvalue weighted by atomic mass is 19.2. The van der Waals surface area contributed by atoms with Crippen molar-refractivity contribution in [1.29, 1.82) is 0 Å². The van der Waals surface area contributed by atoms with Gasteiger partial charge in [0.15, 0.2) is 11.6 Å². The Hall–Kier alpha value is -2.48. The molecule has 2 atom stereocenters. The van der Waals surface area contributed by atoms with E-state index in [0.717, 1.165) is 30.3 Å². The molecule has 1 aromatic heterocycles. The molecule has 8 heteroatoms. The summed E-state index contributed by atoms with van der Waals surface area (Å²) in [7, 11) is 1.90. The van der Waals surface area contributed by atoms with E-state index in [4.69, 9.17) is 0 Å². The smallest absolute Gasteiger partial charge is 0.315 e. The zero-order valence-corrected chi connectivity index (χ0v) is 14.1. The summed E-state index contributed by atoms with van der Waals surface area (Å²) in [6.07, 6.45) is 2.40. The molecule has 134 valence electrons. The summed E-state index contributed by atoms with van der Waals surface area (Å²) in [6.45, 7) is 3.01. The maximum atomic E-state index is 13.6. The number of aromatic amines is 1. The lowest BCUT2D eigenvalue weighted by Gasteiger charge is -2.26. The minimum Gasteiger partial charge on any atom is -0.334 e. The van der Waals surface area contributed by atoms with Crippen LogP contribution in [0.15, 0.2) is 24.4 Å². The van der Waals surface area contributed by atoms with Crippen LogP contribution >= 0.6 is 0 Å². The average Bonchev–Trinajstić information content (AvgIpc) is 3.14. The fourth-order valence-electron chi connectivity index (χ4n) is 3.23. The Kier molecular flexibility index (Phi) is 4.98. The van der Waals surface area contributed by atoms with Crippen molar-refractivity contribution in [3.05, 3.63) is 52.9 Å². The molecule has 1 aliphatic heterocycles. The Morgan fingerprint density at radius 2 is 2.20 bits per heavy atom. The van der Waals surface area contributed by atoms with Gasteiger partial charge in [0, 0.05) is 24.3 Å². The van der Waals surface area contributed by atoms with Crippen molar-refractivity contribution in [3.8, 4) is 0 Å². The third-order valence-electron chi connectivity index (χ3n) is 4.62. The van der Waals surface area contributed by atoms with Crippen molar-refractivity contribution in [3.63, 3.8) is 0 Å². The van der Waals surface area contributed by atoms with E-state index in [0.29, 0.717) is 12.1 Å². The number of hydrogen-bond acceptors (Lipinski definition) is 3. The lowest BCUT2D eigenvalue weighted by atomic mass is 10.00. The molecule has 0 spiro atoms. The number of likely N-dealkylation sites (N-methyl/N-ethyl adjacent to an activating group) is 1. The van der Waals surface area contributed by atoms with Crippen molar-refractivity contribution in [2.24, 2.45) is 0 Å². The summed E-state index contributed by atoms with van der Waals surface area (Å²) in [5, 5.41) is 12.5. The third-order valence-corrected chi connectivity index (χ3v) is 4.62. The maximum absolute atomic E-state index is 13.6. The Bertz CT molecular complexity index is 763. The van der Waals surface area contributed by atoms with E-state index in [1.807, 2.05) is 18.9 Å². The predicted molar refractivity (Wildman–Crippen MR) is 88.8 cm³/mol. The van der Waals surface area contributed by atoms with Gasteiger partial charge in [0.25, 0.3) is 0 Å². The van der Waals surface area contributed by atoms with Gasteiger partial charge < -0.3 is 10.6 Å². The second-order valence-electron chi connectivity index (χ2n) is 6.34. The Balaban J connectivity index is 1.65. The van der Waals surface area contributed by atoms with Crippen LogP contribution in [0, 0.1) is 18.6 Å². The average molecular weight is 349 g/mol. The van der Waals surface area contributed by atoms with Crippen LogP contribution in [0.1, 0.15) is 29.3 Å². The fraction of sp³-hybridized carbons (Fsp3) is 0.412. The van der Waals surface area contributed by atoms with Crippen molar-refractivity contribution >= 4 is 6.03 Å². The largest absolute Gasteiger partial charge is 0.334 e. The standard InChI is InChI=1S/C17H21F2N5O/c1-10-12(9-21-23-10)8-20-17(25)22-15-5-6-24(2)16(15)11-3-4-13(18)14(19)7-11/h3-4,7,9,15-16H,5-6,8H2,1-2H3,(H,21,23)(H2,20,22,25). The van der Waals surface area contributed by atoms with Gasteiger partial charge in [-0.3, -0.25) is 10.00 Å². The summed E-state index contributed by atoms with van der Waals surface area (Å²) in [6, 6.07) is 3.20. The molecule has 0 aliphatic carbocycles. The molecule has 3 rings (SSSR count). The van der Waals surface area contributed by atoms with Crippen LogP contribution in [0.3, 0.4) is 0 Å². The second kappa shape index (κ2) is 7.18. The lowest BCUT2D eigenvalue weighted by molar-refractivity contribution is 0.229. The van der Waals surface area contributed by atoms with Gasteiger partial charge in [0.05, 0.1) is 18.3 Å². The van der Waals surface area contributed by atoms with E-state index >= 15 is 0 Å². The molecular weight excluding hydrogens is 328 g/mol. The van der Waals surface area contributed by atoms with Crippen molar-refractivity contribution in [2.45, 2.75) is 32.0 Å². The number of carbonyl (C=O) groups excluding carboxylic acids is 1. The fourth-order valence-corrected chi connectivity index (χ4v) is 3.23. The molecular formula is C17H21F2N5O. The molecule has 2 amide bonds. The first-order valence-corrected chi connectivity index (χ1v) is 8.14. The third kappa shape index (κ3) is 3.79. The van der Waals surface area contributed by atoms with E-state index in [1.54, 1.807) is 12.3 Å². The van der Waals surface area contributed by atoms with Crippen LogP contribution in [0.25, 0.3) is 0 Å².